The summed E-state index contributed by atoms with van der Waals surface area (Å²) >= 11 is 0. The van der Waals surface area contributed by atoms with E-state index in [0.29, 0.717) is 0 Å². The Kier molecular flexibility index (Phi) is 3.01. The second-order valence-corrected chi connectivity index (χ2v) is 5.46. The first-order valence-corrected chi connectivity index (χ1v) is 6.74. The first kappa shape index (κ1) is 12.2. The van der Waals surface area contributed by atoms with Gasteiger partial charge in [0.05, 0.1) is 0 Å². The zero-order valence-corrected chi connectivity index (χ0v) is 10.7. The van der Waals surface area contributed by atoms with E-state index in [-0.39, 0.29) is 24.4 Å². The highest BCUT2D eigenvalue weighted by atomic mass is 16.4. The van der Waals surface area contributed by atoms with Crippen molar-refractivity contribution in [2.75, 3.05) is 6.54 Å². The highest BCUT2D eigenvalue weighted by molar-refractivity contribution is 5.84. The summed E-state index contributed by atoms with van der Waals surface area (Å²) in [5, 5.41) is 8.93. The Morgan fingerprint density at radius 2 is 1.74 bits per heavy atom. The SMILES string of the molecule is O=C(O)CN(C(=O)C1Cc2ccccc2C1)C1CC1. The number of nitrogens with zero attached hydrogens (tertiary/aromatic N) is 1. The Bertz CT molecular complexity index is 497. The lowest BCUT2D eigenvalue weighted by Gasteiger charge is -2.23. The molecule has 0 aromatic heterocycles. The van der Waals surface area contributed by atoms with Crippen LogP contribution in [-0.4, -0.2) is 34.5 Å². The van der Waals surface area contributed by atoms with Gasteiger partial charge in [-0.2, -0.15) is 0 Å². The van der Waals surface area contributed by atoms with Crippen LogP contribution in [0.1, 0.15) is 24.0 Å². The molecule has 0 heterocycles. The monoisotopic (exact) mass is 259 g/mol. The predicted molar refractivity (Wildman–Crippen MR) is 69.7 cm³/mol. The molecule has 0 atom stereocenters. The minimum absolute atomic E-state index is 0.0149. The van der Waals surface area contributed by atoms with Crippen LogP contribution in [0, 0.1) is 5.92 Å². The third kappa shape index (κ3) is 2.48. The van der Waals surface area contributed by atoms with E-state index in [0.717, 1.165) is 25.7 Å². The summed E-state index contributed by atoms with van der Waals surface area (Å²) in [5.74, 6) is -0.978. The molecule has 3 rings (SSSR count). The summed E-state index contributed by atoms with van der Waals surface area (Å²) in [4.78, 5) is 24.9. The first-order chi connectivity index (χ1) is 9.15. The van der Waals surface area contributed by atoms with E-state index in [2.05, 4.69) is 12.1 Å². The van der Waals surface area contributed by atoms with Crippen molar-refractivity contribution in [1.29, 1.82) is 0 Å². The van der Waals surface area contributed by atoms with Gasteiger partial charge in [-0.05, 0) is 36.8 Å². The number of amides is 1. The van der Waals surface area contributed by atoms with Crippen molar-refractivity contribution in [2.45, 2.75) is 31.7 Å². The van der Waals surface area contributed by atoms with Gasteiger partial charge in [0.25, 0.3) is 0 Å². The number of rotatable bonds is 4. The number of hydrogen-bond acceptors (Lipinski definition) is 2. The molecule has 0 bridgehead atoms. The van der Waals surface area contributed by atoms with Crippen LogP contribution in [0.5, 0.6) is 0 Å². The van der Waals surface area contributed by atoms with Crippen molar-refractivity contribution in [1.82, 2.24) is 4.90 Å². The van der Waals surface area contributed by atoms with Crippen molar-refractivity contribution in [3.8, 4) is 0 Å². The molecular formula is C15H17NO3. The predicted octanol–water partition coefficient (Wildman–Crippen LogP) is 1.48. The molecule has 0 radical (unpaired) electrons. The lowest BCUT2D eigenvalue weighted by molar-refractivity contribution is -0.146. The van der Waals surface area contributed by atoms with Gasteiger partial charge in [0.1, 0.15) is 6.54 Å². The van der Waals surface area contributed by atoms with E-state index in [1.54, 1.807) is 4.90 Å². The van der Waals surface area contributed by atoms with Gasteiger partial charge in [0, 0.05) is 12.0 Å². The molecule has 1 aromatic rings. The molecule has 1 aromatic carbocycles. The zero-order valence-electron chi connectivity index (χ0n) is 10.7. The average Bonchev–Trinajstić information content (AvgIpc) is 3.13. The maximum Gasteiger partial charge on any atom is 0.323 e. The third-order valence-electron chi connectivity index (χ3n) is 3.98. The average molecular weight is 259 g/mol. The highest BCUT2D eigenvalue weighted by Gasteiger charge is 2.38. The highest BCUT2D eigenvalue weighted by Crippen LogP contribution is 2.32. The number of fused-ring (bicyclic) bond motifs is 1. The molecule has 2 aliphatic carbocycles. The van der Waals surface area contributed by atoms with Crippen molar-refractivity contribution in [3.63, 3.8) is 0 Å². The standard InChI is InChI=1S/C15H17NO3/c17-14(18)9-16(13-5-6-13)15(19)12-7-10-3-1-2-4-11(10)8-12/h1-4,12-13H,5-9H2,(H,17,18). The fraction of sp³-hybridized carbons (Fsp3) is 0.467. The van der Waals surface area contributed by atoms with E-state index in [4.69, 9.17) is 5.11 Å². The van der Waals surface area contributed by atoms with Gasteiger partial charge in [-0.3, -0.25) is 9.59 Å². The lowest BCUT2D eigenvalue weighted by Crippen LogP contribution is -2.41. The van der Waals surface area contributed by atoms with Gasteiger partial charge in [-0.25, -0.2) is 0 Å². The van der Waals surface area contributed by atoms with Crippen LogP contribution < -0.4 is 0 Å². The fourth-order valence-electron chi connectivity index (χ4n) is 2.89. The molecule has 1 N–H and O–H groups in total. The number of carboxylic acid groups (broad SMARTS) is 1. The van der Waals surface area contributed by atoms with Gasteiger partial charge in [-0.1, -0.05) is 24.3 Å². The molecule has 1 amide bonds. The van der Waals surface area contributed by atoms with Gasteiger partial charge in [0.15, 0.2) is 0 Å². The second kappa shape index (κ2) is 4.68. The molecular weight excluding hydrogens is 242 g/mol. The largest absolute Gasteiger partial charge is 0.480 e. The summed E-state index contributed by atoms with van der Waals surface area (Å²) in [6.45, 7) is -0.156. The molecule has 1 saturated carbocycles. The van der Waals surface area contributed by atoms with E-state index < -0.39 is 5.97 Å². The molecule has 4 nitrogen and oxygen atoms in total. The molecule has 0 aliphatic heterocycles. The summed E-state index contributed by atoms with van der Waals surface area (Å²) in [7, 11) is 0. The molecule has 4 heteroatoms. The van der Waals surface area contributed by atoms with Gasteiger partial charge in [-0.15, -0.1) is 0 Å². The number of carbonyl (C=O) groups excluding carboxylic acids is 1. The molecule has 0 unspecified atom stereocenters. The number of aliphatic carboxylic acids is 1. The molecule has 0 spiro atoms. The minimum Gasteiger partial charge on any atom is -0.480 e. The van der Waals surface area contributed by atoms with Crippen molar-refractivity contribution in [2.24, 2.45) is 5.92 Å². The molecule has 0 saturated heterocycles. The van der Waals surface area contributed by atoms with E-state index in [9.17, 15) is 9.59 Å². The van der Waals surface area contributed by atoms with Crippen LogP contribution >= 0.6 is 0 Å². The topological polar surface area (TPSA) is 57.6 Å². The summed E-state index contributed by atoms with van der Waals surface area (Å²) in [6.07, 6.45) is 3.38. The van der Waals surface area contributed by atoms with E-state index >= 15 is 0 Å². The zero-order chi connectivity index (χ0) is 13.4. The van der Waals surface area contributed by atoms with Crippen molar-refractivity contribution < 1.29 is 14.7 Å². The molecule has 100 valence electrons. The van der Waals surface area contributed by atoms with Gasteiger partial charge < -0.3 is 10.0 Å². The molecule has 19 heavy (non-hydrogen) atoms. The Hall–Kier alpha value is -1.84. The van der Waals surface area contributed by atoms with Crippen LogP contribution in [0.2, 0.25) is 0 Å². The Morgan fingerprint density at radius 3 is 2.21 bits per heavy atom. The van der Waals surface area contributed by atoms with Gasteiger partial charge >= 0.3 is 5.97 Å². The molecule has 2 aliphatic rings. The van der Waals surface area contributed by atoms with Crippen molar-refractivity contribution in [3.05, 3.63) is 35.4 Å². The van der Waals surface area contributed by atoms with Crippen LogP contribution in [0.15, 0.2) is 24.3 Å². The summed E-state index contributed by atoms with van der Waals surface area (Å²) in [6, 6.07) is 8.25. The van der Waals surface area contributed by atoms with Crippen LogP contribution in [0.4, 0.5) is 0 Å². The Morgan fingerprint density at radius 1 is 1.16 bits per heavy atom. The van der Waals surface area contributed by atoms with Crippen LogP contribution in [0.3, 0.4) is 0 Å². The Balaban J connectivity index is 1.72. The normalized spacial score (nSPS) is 18.1. The number of carboxylic acids is 1. The van der Waals surface area contributed by atoms with Crippen LogP contribution in [0.25, 0.3) is 0 Å². The second-order valence-electron chi connectivity index (χ2n) is 5.46. The summed E-state index contributed by atoms with van der Waals surface area (Å²) in [5.41, 5.74) is 2.46. The quantitative estimate of drug-likeness (QED) is 0.891. The number of benzene rings is 1. The lowest BCUT2D eigenvalue weighted by atomic mass is 10.0. The number of hydrogen-bond donors (Lipinski definition) is 1. The van der Waals surface area contributed by atoms with Crippen molar-refractivity contribution >= 4 is 11.9 Å². The maximum atomic E-state index is 12.5. The number of carbonyl (C=O) groups is 2. The van der Waals surface area contributed by atoms with Crippen LogP contribution in [-0.2, 0) is 22.4 Å². The smallest absolute Gasteiger partial charge is 0.323 e. The first-order valence-electron chi connectivity index (χ1n) is 6.74. The third-order valence-corrected chi connectivity index (χ3v) is 3.98. The Labute approximate surface area is 112 Å². The molecule has 1 fully saturated rings. The minimum atomic E-state index is -0.921. The fourth-order valence-corrected chi connectivity index (χ4v) is 2.89. The van der Waals surface area contributed by atoms with E-state index in [1.165, 1.54) is 11.1 Å². The van der Waals surface area contributed by atoms with E-state index in [1.807, 2.05) is 12.1 Å². The maximum absolute atomic E-state index is 12.5. The van der Waals surface area contributed by atoms with Gasteiger partial charge in [0.2, 0.25) is 5.91 Å². The summed E-state index contributed by atoms with van der Waals surface area (Å²) < 4.78 is 0.